The molecule has 0 saturated carbocycles. The maximum Gasteiger partial charge on any atom is 0.221 e. The third-order valence-electron chi connectivity index (χ3n) is 2.73. The van der Waals surface area contributed by atoms with Gasteiger partial charge in [0.05, 0.1) is 4.47 Å². The summed E-state index contributed by atoms with van der Waals surface area (Å²) in [4.78, 5) is 11.1. The van der Waals surface area contributed by atoms with Crippen LogP contribution in [0.4, 0.5) is 15.8 Å². The number of para-hydroxylation sites is 1. The SMILES string of the molecule is CC(=O)Nc1ccccc1CNc1ccc(F)c(Br)c1. The van der Waals surface area contributed by atoms with Crippen molar-refractivity contribution >= 4 is 33.2 Å². The third-order valence-corrected chi connectivity index (χ3v) is 3.34. The zero-order valence-corrected chi connectivity index (χ0v) is 12.5. The molecule has 2 rings (SSSR count). The van der Waals surface area contributed by atoms with Gasteiger partial charge in [0.1, 0.15) is 5.82 Å². The van der Waals surface area contributed by atoms with Crippen molar-refractivity contribution < 1.29 is 9.18 Å². The van der Waals surface area contributed by atoms with E-state index in [-0.39, 0.29) is 11.7 Å². The minimum absolute atomic E-state index is 0.109. The van der Waals surface area contributed by atoms with Gasteiger partial charge in [-0.15, -0.1) is 0 Å². The Kier molecular flexibility index (Phi) is 4.74. The molecule has 0 aromatic heterocycles. The van der Waals surface area contributed by atoms with E-state index in [1.165, 1.54) is 13.0 Å². The summed E-state index contributed by atoms with van der Waals surface area (Å²) in [6, 6.07) is 12.3. The van der Waals surface area contributed by atoms with Gasteiger partial charge in [-0.05, 0) is 45.8 Å². The molecule has 0 spiro atoms. The summed E-state index contributed by atoms with van der Waals surface area (Å²) in [7, 11) is 0. The molecule has 20 heavy (non-hydrogen) atoms. The third kappa shape index (κ3) is 3.81. The number of carbonyl (C=O) groups excluding carboxylic acids is 1. The Labute approximate surface area is 125 Å². The summed E-state index contributed by atoms with van der Waals surface area (Å²) >= 11 is 3.15. The van der Waals surface area contributed by atoms with Crippen molar-refractivity contribution in [3.8, 4) is 0 Å². The smallest absolute Gasteiger partial charge is 0.221 e. The number of benzene rings is 2. The predicted octanol–water partition coefficient (Wildman–Crippen LogP) is 4.16. The fourth-order valence-corrected chi connectivity index (χ4v) is 2.17. The molecule has 1 amide bonds. The number of halogens is 2. The number of anilines is 2. The molecular weight excluding hydrogens is 323 g/mol. The fraction of sp³-hybridized carbons (Fsp3) is 0.133. The topological polar surface area (TPSA) is 41.1 Å². The fourth-order valence-electron chi connectivity index (χ4n) is 1.79. The van der Waals surface area contributed by atoms with Crippen LogP contribution in [0.3, 0.4) is 0 Å². The lowest BCUT2D eigenvalue weighted by atomic mass is 10.1. The van der Waals surface area contributed by atoms with Crippen LogP contribution in [0.5, 0.6) is 0 Å². The first-order chi connectivity index (χ1) is 9.56. The van der Waals surface area contributed by atoms with Crippen molar-refractivity contribution in [3.05, 3.63) is 58.3 Å². The van der Waals surface area contributed by atoms with E-state index in [9.17, 15) is 9.18 Å². The molecule has 0 aliphatic heterocycles. The lowest BCUT2D eigenvalue weighted by Gasteiger charge is -2.12. The highest BCUT2D eigenvalue weighted by atomic mass is 79.9. The lowest BCUT2D eigenvalue weighted by Crippen LogP contribution is -2.10. The largest absolute Gasteiger partial charge is 0.381 e. The zero-order valence-electron chi connectivity index (χ0n) is 10.9. The van der Waals surface area contributed by atoms with Crippen LogP contribution in [-0.4, -0.2) is 5.91 Å². The van der Waals surface area contributed by atoms with E-state index in [0.717, 1.165) is 16.9 Å². The number of rotatable bonds is 4. The summed E-state index contributed by atoms with van der Waals surface area (Å²) in [6.45, 7) is 2.01. The molecule has 0 saturated heterocycles. The molecule has 0 unspecified atom stereocenters. The Bertz CT molecular complexity index is 631. The van der Waals surface area contributed by atoms with E-state index in [1.807, 2.05) is 24.3 Å². The zero-order chi connectivity index (χ0) is 14.5. The van der Waals surface area contributed by atoms with E-state index >= 15 is 0 Å². The normalized spacial score (nSPS) is 10.2. The highest BCUT2D eigenvalue weighted by Gasteiger charge is 2.04. The van der Waals surface area contributed by atoms with Gasteiger partial charge in [0.25, 0.3) is 0 Å². The van der Waals surface area contributed by atoms with Crippen LogP contribution >= 0.6 is 15.9 Å². The molecule has 3 nitrogen and oxygen atoms in total. The van der Waals surface area contributed by atoms with E-state index in [1.54, 1.807) is 12.1 Å². The highest BCUT2D eigenvalue weighted by Crippen LogP contribution is 2.22. The van der Waals surface area contributed by atoms with Gasteiger partial charge in [-0.2, -0.15) is 0 Å². The molecule has 2 aromatic carbocycles. The maximum absolute atomic E-state index is 13.1. The van der Waals surface area contributed by atoms with Crippen LogP contribution in [0.25, 0.3) is 0 Å². The van der Waals surface area contributed by atoms with Crippen LogP contribution in [0.15, 0.2) is 46.9 Å². The molecule has 104 valence electrons. The van der Waals surface area contributed by atoms with Gasteiger partial charge >= 0.3 is 0 Å². The average Bonchev–Trinajstić information content (AvgIpc) is 2.41. The minimum Gasteiger partial charge on any atom is -0.381 e. The number of carbonyl (C=O) groups is 1. The number of nitrogens with one attached hydrogen (secondary N) is 2. The number of hydrogen-bond acceptors (Lipinski definition) is 2. The second-order valence-corrected chi connectivity index (χ2v) is 5.18. The van der Waals surface area contributed by atoms with Gasteiger partial charge in [0, 0.05) is 24.8 Å². The predicted molar refractivity (Wildman–Crippen MR) is 82.2 cm³/mol. The molecule has 0 bridgehead atoms. The van der Waals surface area contributed by atoms with Crippen molar-refractivity contribution in [1.82, 2.24) is 0 Å². The van der Waals surface area contributed by atoms with Gasteiger partial charge in [-0.1, -0.05) is 18.2 Å². The molecule has 0 aliphatic carbocycles. The van der Waals surface area contributed by atoms with Crippen molar-refractivity contribution in [2.45, 2.75) is 13.5 Å². The van der Waals surface area contributed by atoms with Crippen LogP contribution < -0.4 is 10.6 Å². The lowest BCUT2D eigenvalue weighted by molar-refractivity contribution is -0.114. The summed E-state index contributed by atoms with van der Waals surface area (Å²) in [5.41, 5.74) is 2.53. The molecule has 2 N–H and O–H groups in total. The second-order valence-electron chi connectivity index (χ2n) is 4.32. The van der Waals surface area contributed by atoms with Crippen LogP contribution in [-0.2, 0) is 11.3 Å². The first-order valence-electron chi connectivity index (χ1n) is 6.10. The average molecular weight is 337 g/mol. The van der Waals surface area contributed by atoms with E-state index in [2.05, 4.69) is 26.6 Å². The Hall–Kier alpha value is -1.88. The molecule has 5 heteroatoms. The maximum atomic E-state index is 13.1. The minimum atomic E-state index is -0.297. The number of amides is 1. The Morgan fingerprint density at radius 3 is 2.70 bits per heavy atom. The molecule has 0 aliphatic rings. The second kappa shape index (κ2) is 6.52. The standard InChI is InChI=1S/C15H14BrFN2O/c1-10(20)19-15-5-3-2-4-11(15)9-18-12-6-7-14(17)13(16)8-12/h2-8,18H,9H2,1H3,(H,19,20). The van der Waals surface area contributed by atoms with Crippen LogP contribution in [0.2, 0.25) is 0 Å². The summed E-state index contributed by atoms with van der Waals surface area (Å²) in [5.74, 6) is -0.406. The summed E-state index contributed by atoms with van der Waals surface area (Å²) < 4.78 is 13.6. The Balaban J connectivity index is 2.10. The van der Waals surface area contributed by atoms with Gasteiger partial charge < -0.3 is 10.6 Å². The van der Waals surface area contributed by atoms with E-state index in [0.29, 0.717) is 11.0 Å². The van der Waals surface area contributed by atoms with Gasteiger partial charge in [-0.25, -0.2) is 4.39 Å². The van der Waals surface area contributed by atoms with Crippen molar-refractivity contribution in [1.29, 1.82) is 0 Å². The molecule has 0 atom stereocenters. The molecular formula is C15H14BrFN2O. The molecule has 0 heterocycles. The van der Waals surface area contributed by atoms with E-state index < -0.39 is 0 Å². The highest BCUT2D eigenvalue weighted by molar-refractivity contribution is 9.10. The molecule has 0 radical (unpaired) electrons. The monoisotopic (exact) mass is 336 g/mol. The quantitative estimate of drug-likeness (QED) is 0.880. The van der Waals surface area contributed by atoms with Crippen molar-refractivity contribution in [2.24, 2.45) is 0 Å². The molecule has 2 aromatic rings. The number of hydrogen-bond donors (Lipinski definition) is 2. The van der Waals surface area contributed by atoms with E-state index in [4.69, 9.17) is 0 Å². The van der Waals surface area contributed by atoms with Crippen molar-refractivity contribution in [2.75, 3.05) is 10.6 Å². The van der Waals surface area contributed by atoms with Crippen LogP contribution in [0.1, 0.15) is 12.5 Å². The Morgan fingerprint density at radius 1 is 1.25 bits per heavy atom. The molecule has 0 fully saturated rings. The summed E-state index contributed by atoms with van der Waals surface area (Å²) in [6.07, 6.45) is 0. The Morgan fingerprint density at radius 2 is 2.00 bits per heavy atom. The summed E-state index contributed by atoms with van der Waals surface area (Å²) in [5, 5.41) is 5.98. The van der Waals surface area contributed by atoms with Crippen LogP contribution in [0, 0.1) is 5.82 Å². The first-order valence-corrected chi connectivity index (χ1v) is 6.90. The van der Waals surface area contributed by atoms with Crippen molar-refractivity contribution in [3.63, 3.8) is 0 Å². The van der Waals surface area contributed by atoms with Gasteiger partial charge in [0.2, 0.25) is 5.91 Å². The first kappa shape index (κ1) is 14.5. The van der Waals surface area contributed by atoms with Gasteiger partial charge in [-0.3, -0.25) is 4.79 Å². The van der Waals surface area contributed by atoms with Gasteiger partial charge in [0.15, 0.2) is 0 Å².